The van der Waals surface area contributed by atoms with Crippen molar-refractivity contribution >= 4 is 24.3 Å². The molecule has 0 fully saturated rings. The van der Waals surface area contributed by atoms with Crippen molar-refractivity contribution < 1.29 is 27.9 Å². The Morgan fingerprint density at radius 1 is 0.872 bits per heavy atom. The molecule has 244 valence electrons. The molecule has 1 amide bonds. The summed E-state index contributed by atoms with van der Waals surface area (Å²) in [7, 11) is 1.95. The molecule has 1 heterocycles. The number of amides is 1. The van der Waals surface area contributed by atoms with Gasteiger partial charge in [0, 0.05) is 38.4 Å². The van der Waals surface area contributed by atoms with Crippen LogP contribution in [0, 0.1) is 6.92 Å². The van der Waals surface area contributed by atoms with Gasteiger partial charge in [-0.25, -0.2) is 4.98 Å². The quantitative estimate of drug-likeness (QED) is 0.0856. The fourth-order valence-electron chi connectivity index (χ4n) is 4.79. The van der Waals surface area contributed by atoms with Crippen LogP contribution in [0.3, 0.4) is 0 Å². The second-order valence-electron chi connectivity index (χ2n) is 10.6. The van der Waals surface area contributed by atoms with E-state index in [1.54, 1.807) is 24.3 Å². The van der Waals surface area contributed by atoms with Crippen molar-refractivity contribution in [1.82, 2.24) is 19.2 Å². The van der Waals surface area contributed by atoms with E-state index in [1.165, 1.54) is 24.1 Å². The lowest BCUT2D eigenvalue weighted by Crippen LogP contribution is -2.37. The predicted molar refractivity (Wildman–Crippen MR) is 179 cm³/mol. The highest BCUT2D eigenvalue weighted by molar-refractivity contribution is 7.97. The largest absolute Gasteiger partial charge is 0.483 e. The van der Waals surface area contributed by atoms with Gasteiger partial charge in [0.2, 0.25) is 0 Å². The molecule has 7 nitrogen and oxygen atoms in total. The summed E-state index contributed by atoms with van der Waals surface area (Å²) in [6.07, 6.45) is -1.74. The van der Waals surface area contributed by atoms with Gasteiger partial charge in [0.1, 0.15) is 10.9 Å². The predicted octanol–water partition coefficient (Wildman–Crippen LogP) is 7.76. The molecule has 0 aliphatic carbocycles. The lowest BCUT2D eigenvalue weighted by atomic mass is 10.0. The number of nitrogens with one attached hydrogen (secondary N) is 1. The van der Waals surface area contributed by atoms with Gasteiger partial charge in [-0.05, 0) is 77.4 Å². The minimum Gasteiger partial charge on any atom is -0.483 e. The standard InChI is InChI=1S/C35H33F3N4OS.CH2O2/c1-25-40-33(24-41(25)2)44-39-21-23-42(22-20-26-8-10-28(11-9-26)27-6-4-3-5-7-27)34(43)31-14-12-29(13-15-31)30-16-18-32(19-17-30)35(36,37)38;2-1-3/h3-19,24,39H,20-23H2,1-2H3;1H,(H,2,3). The van der Waals surface area contributed by atoms with Crippen LogP contribution in [0.2, 0.25) is 0 Å². The summed E-state index contributed by atoms with van der Waals surface area (Å²) < 4.78 is 44.2. The monoisotopic (exact) mass is 660 g/mol. The lowest BCUT2D eigenvalue weighted by Gasteiger charge is -2.23. The summed E-state index contributed by atoms with van der Waals surface area (Å²) in [5.74, 6) is 0.814. The SMILES string of the molecule is Cc1nc(SNCCN(CCc2ccc(-c3ccccc3)cc2)C(=O)c2ccc(-c3ccc(C(F)(F)F)cc3)cc2)cn1C.O=CO. The molecule has 0 aliphatic rings. The van der Waals surface area contributed by atoms with Crippen LogP contribution in [-0.4, -0.2) is 51.6 Å². The molecule has 47 heavy (non-hydrogen) atoms. The molecule has 0 radical (unpaired) electrons. The number of aryl methyl sites for hydroxylation is 2. The molecule has 0 aliphatic heterocycles. The molecule has 0 bridgehead atoms. The molecule has 5 rings (SSSR count). The Labute approximate surface area is 276 Å². The van der Waals surface area contributed by atoms with E-state index in [0.717, 1.165) is 45.2 Å². The van der Waals surface area contributed by atoms with E-state index in [2.05, 4.69) is 46.1 Å². The van der Waals surface area contributed by atoms with Crippen LogP contribution >= 0.6 is 11.9 Å². The second kappa shape index (κ2) is 16.6. The van der Waals surface area contributed by atoms with E-state index in [0.29, 0.717) is 37.2 Å². The minimum absolute atomic E-state index is 0.106. The first-order chi connectivity index (χ1) is 22.6. The third-order valence-corrected chi connectivity index (χ3v) is 8.20. The van der Waals surface area contributed by atoms with Gasteiger partial charge in [0.25, 0.3) is 12.4 Å². The molecule has 0 unspecified atom stereocenters. The number of nitrogens with zero attached hydrogens (tertiary/aromatic N) is 3. The molecule has 4 aromatic carbocycles. The number of carbonyl (C=O) groups is 2. The third kappa shape index (κ3) is 10.1. The number of alkyl halides is 3. The Morgan fingerprint density at radius 3 is 1.94 bits per heavy atom. The third-order valence-electron chi connectivity index (χ3n) is 7.44. The maximum absolute atomic E-state index is 13.7. The normalized spacial score (nSPS) is 11.0. The molecular formula is C36H35F3N4O3S. The number of imidazole rings is 1. The van der Waals surface area contributed by atoms with Crippen molar-refractivity contribution in [3.05, 3.63) is 132 Å². The Balaban J connectivity index is 0.00000160. The minimum atomic E-state index is -4.38. The summed E-state index contributed by atoms with van der Waals surface area (Å²) in [5, 5.41) is 7.75. The maximum Gasteiger partial charge on any atom is 0.416 e. The van der Waals surface area contributed by atoms with Crippen molar-refractivity contribution in [3.8, 4) is 22.3 Å². The number of benzene rings is 4. The van der Waals surface area contributed by atoms with Gasteiger partial charge in [-0.15, -0.1) is 0 Å². The zero-order chi connectivity index (χ0) is 33.8. The summed E-state index contributed by atoms with van der Waals surface area (Å²) in [4.78, 5) is 28.4. The van der Waals surface area contributed by atoms with Crippen molar-refractivity contribution in [2.75, 3.05) is 19.6 Å². The first-order valence-corrected chi connectivity index (χ1v) is 15.6. The Kier molecular flexibility index (Phi) is 12.4. The van der Waals surface area contributed by atoms with E-state index >= 15 is 0 Å². The summed E-state index contributed by atoms with van der Waals surface area (Å²) in [5.41, 5.74) is 4.65. The average Bonchev–Trinajstić information content (AvgIpc) is 3.41. The average molecular weight is 661 g/mol. The summed E-state index contributed by atoms with van der Waals surface area (Å²) in [6, 6.07) is 30.6. The first kappa shape index (κ1) is 35.0. The molecular weight excluding hydrogens is 625 g/mol. The van der Waals surface area contributed by atoms with Crippen LogP contribution in [0.1, 0.15) is 27.3 Å². The Bertz CT molecular complexity index is 1710. The van der Waals surface area contributed by atoms with Crippen LogP contribution in [0.4, 0.5) is 13.2 Å². The highest BCUT2D eigenvalue weighted by Gasteiger charge is 2.30. The van der Waals surface area contributed by atoms with Gasteiger partial charge in [0.15, 0.2) is 0 Å². The number of aromatic nitrogens is 2. The van der Waals surface area contributed by atoms with E-state index in [1.807, 2.05) is 47.8 Å². The lowest BCUT2D eigenvalue weighted by molar-refractivity contribution is -0.137. The molecule has 0 saturated carbocycles. The van der Waals surface area contributed by atoms with E-state index in [-0.39, 0.29) is 12.4 Å². The molecule has 0 spiro atoms. The zero-order valence-electron chi connectivity index (χ0n) is 25.9. The number of carbonyl (C=O) groups excluding carboxylic acids is 1. The van der Waals surface area contributed by atoms with Crippen molar-refractivity contribution in [1.29, 1.82) is 0 Å². The molecule has 5 aromatic rings. The Morgan fingerprint density at radius 2 is 1.40 bits per heavy atom. The van der Waals surface area contributed by atoms with Crippen LogP contribution in [0.25, 0.3) is 22.3 Å². The van der Waals surface area contributed by atoms with Gasteiger partial charge in [-0.1, -0.05) is 78.9 Å². The molecule has 0 saturated heterocycles. The van der Waals surface area contributed by atoms with E-state index in [4.69, 9.17) is 9.90 Å². The van der Waals surface area contributed by atoms with Crippen LogP contribution < -0.4 is 4.72 Å². The number of hydrogen-bond donors (Lipinski definition) is 2. The van der Waals surface area contributed by atoms with Gasteiger partial charge >= 0.3 is 6.18 Å². The molecule has 11 heteroatoms. The highest BCUT2D eigenvalue weighted by atomic mass is 32.2. The van der Waals surface area contributed by atoms with Crippen LogP contribution in [-0.2, 0) is 24.4 Å². The first-order valence-electron chi connectivity index (χ1n) is 14.8. The Hall–Kier alpha value is -4.87. The van der Waals surface area contributed by atoms with Crippen LogP contribution in [0.15, 0.2) is 114 Å². The molecule has 0 atom stereocenters. The zero-order valence-corrected chi connectivity index (χ0v) is 26.8. The van der Waals surface area contributed by atoms with Crippen molar-refractivity contribution in [3.63, 3.8) is 0 Å². The number of rotatable bonds is 11. The van der Waals surface area contributed by atoms with Gasteiger partial charge < -0.3 is 14.6 Å². The second-order valence-corrected chi connectivity index (χ2v) is 11.5. The van der Waals surface area contributed by atoms with Gasteiger partial charge in [-0.2, -0.15) is 13.2 Å². The number of halogens is 3. The molecule has 2 N–H and O–H groups in total. The van der Waals surface area contributed by atoms with E-state index in [9.17, 15) is 18.0 Å². The summed E-state index contributed by atoms with van der Waals surface area (Å²) in [6.45, 7) is 3.27. The number of carboxylic acid groups (broad SMARTS) is 1. The van der Waals surface area contributed by atoms with Crippen molar-refractivity contribution in [2.45, 2.75) is 24.5 Å². The van der Waals surface area contributed by atoms with Gasteiger partial charge in [0.05, 0.1) is 5.56 Å². The van der Waals surface area contributed by atoms with Gasteiger partial charge in [-0.3, -0.25) is 14.3 Å². The maximum atomic E-state index is 13.7. The highest BCUT2D eigenvalue weighted by Crippen LogP contribution is 2.31. The topological polar surface area (TPSA) is 87.5 Å². The van der Waals surface area contributed by atoms with E-state index < -0.39 is 11.7 Å². The van der Waals surface area contributed by atoms with Crippen LogP contribution in [0.5, 0.6) is 0 Å². The fraction of sp³-hybridized carbons (Fsp3) is 0.194. The number of hydrogen-bond acceptors (Lipinski definition) is 5. The smallest absolute Gasteiger partial charge is 0.416 e. The fourth-order valence-corrected chi connectivity index (χ4v) is 5.52. The molecule has 1 aromatic heterocycles. The van der Waals surface area contributed by atoms with Crippen molar-refractivity contribution in [2.24, 2.45) is 7.05 Å². The summed E-state index contributed by atoms with van der Waals surface area (Å²) >= 11 is 1.43.